The number of urea groups is 1. The van der Waals surface area contributed by atoms with Gasteiger partial charge in [0.15, 0.2) is 0 Å². The first kappa shape index (κ1) is 11.9. The topological polar surface area (TPSA) is 53.2 Å². The Balaban J connectivity index is 1.70. The van der Waals surface area contributed by atoms with Crippen LogP contribution in [0.4, 0.5) is 10.5 Å². The van der Waals surface area contributed by atoms with Gasteiger partial charge < -0.3 is 16.0 Å². The smallest absolute Gasteiger partial charge is 0.319 e. The van der Waals surface area contributed by atoms with E-state index in [4.69, 9.17) is 0 Å². The molecule has 1 heterocycles. The fourth-order valence-corrected chi connectivity index (χ4v) is 2.01. The van der Waals surface area contributed by atoms with E-state index in [0.29, 0.717) is 12.6 Å². The summed E-state index contributed by atoms with van der Waals surface area (Å²) in [5, 5.41) is 9.09. The fourth-order valence-electron chi connectivity index (χ4n) is 2.01. The maximum Gasteiger partial charge on any atom is 0.319 e. The summed E-state index contributed by atoms with van der Waals surface area (Å²) < 4.78 is 0. The van der Waals surface area contributed by atoms with Gasteiger partial charge in [0, 0.05) is 18.3 Å². The summed E-state index contributed by atoms with van der Waals surface area (Å²) in [5.74, 6) is 0. The summed E-state index contributed by atoms with van der Waals surface area (Å²) in [4.78, 5) is 11.6. The Kier molecular flexibility index (Phi) is 4.38. The molecule has 3 N–H and O–H groups in total. The maximum atomic E-state index is 11.6. The molecule has 0 bridgehead atoms. The molecular formula is C13H19N3O. The van der Waals surface area contributed by atoms with Crippen molar-refractivity contribution in [3.63, 3.8) is 0 Å². The second kappa shape index (κ2) is 6.25. The molecule has 1 aliphatic rings. The zero-order valence-electron chi connectivity index (χ0n) is 9.91. The number of carbonyl (C=O) groups is 1. The summed E-state index contributed by atoms with van der Waals surface area (Å²) >= 11 is 0. The van der Waals surface area contributed by atoms with Crippen LogP contribution in [-0.4, -0.2) is 25.2 Å². The molecule has 4 nitrogen and oxygen atoms in total. The number of carbonyl (C=O) groups excluding carboxylic acids is 1. The molecule has 1 fully saturated rings. The Labute approximate surface area is 102 Å². The van der Waals surface area contributed by atoms with E-state index in [1.807, 2.05) is 30.3 Å². The molecule has 1 saturated heterocycles. The normalized spacial score (nSPS) is 19.6. The van der Waals surface area contributed by atoms with E-state index in [0.717, 1.165) is 18.7 Å². The Morgan fingerprint density at radius 3 is 2.82 bits per heavy atom. The lowest BCUT2D eigenvalue weighted by Gasteiger charge is -2.23. The van der Waals surface area contributed by atoms with E-state index in [-0.39, 0.29) is 6.03 Å². The molecule has 0 aromatic heterocycles. The molecule has 1 aromatic rings. The van der Waals surface area contributed by atoms with Crippen molar-refractivity contribution in [2.45, 2.75) is 25.3 Å². The van der Waals surface area contributed by atoms with Gasteiger partial charge >= 0.3 is 6.03 Å². The summed E-state index contributed by atoms with van der Waals surface area (Å²) in [6, 6.07) is 9.76. The molecule has 1 atom stereocenters. The number of hydrogen-bond acceptors (Lipinski definition) is 2. The van der Waals surface area contributed by atoms with Crippen molar-refractivity contribution in [1.29, 1.82) is 0 Å². The van der Waals surface area contributed by atoms with E-state index in [2.05, 4.69) is 16.0 Å². The maximum absolute atomic E-state index is 11.6. The predicted molar refractivity (Wildman–Crippen MR) is 69.1 cm³/mol. The molecular weight excluding hydrogens is 214 g/mol. The summed E-state index contributed by atoms with van der Waals surface area (Å²) in [7, 11) is 0. The third-order valence-electron chi connectivity index (χ3n) is 2.95. The van der Waals surface area contributed by atoms with Crippen LogP contribution in [0.15, 0.2) is 30.3 Å². The molecule has 17 heavy (non-hydrogen) atoms. The SMILES string of the molecule is O=C(NCC1CCCCN1)Nc1ccccc1. The number of rotatable bonds is 3. The fraction of sp³-hybridized carbons (Fsp3) is 0.462. The second-order valence-corrected chi connectivity index (χ2v) is 4.35. The molecule has 0 saturated carbocycles. The van der Waals surface area contributed by atoms with Crippen LogP contribution in [0.1, 0.15) is 19.3 Å². The molecule has 0 radical (unpaired) electrons. The van der Waals surface area contributed by atoms with Crippen molar-refractivity contribution in [3.05, 3.63) is 30.3 Å². The van der Waals surface area contributed by atoms with E-state index in [1.165, 1.54) is 12.8 Å². The van der Waals surface area contributed by atoms with Gasteiger partial charge in [0.2, 0.25) is 0 Å². The lowest BCUT2D eigenvalue weighted by atomic mass is 10.1. The van der Waals surface area contributed by atoms with Gasteiger partial charge in [0.1, 0.15) is 0 Å². The lowest BCUT2D eigenvalue weighted by Crippen LogP contribution is -2.44. The third kappa shape index (κ3) is 4.07. The molecule has 92 valence electrons. The van der Waals surface area contributed by atoms with E-state index >= 15 is 0 Å². The third-order valence-corrected chi connectivity index (χ3v) is 2.95. The van der Waals surface area contributed by atoms with Gasteiger partial charge in [-0.2, -0.15) is 0 Å². The average Bonchev–Trinajstić information content (AvgIpc) is 2.39. The Bertz CT molecular complexity index is 347. The van der Waals surface area contributed by atoms with Crippen molar-refractivity contribution in [2.75, 3.05) is 18.4 Å². The molecule has 2 rings (SSSR count). The minimum Gasteiger partial charge on any atom is -0.336 e. The number of para-hydroxylation sites is 1. The standard InChI is InChI=1S/C13H19N3O/c17-13(16-11-6-2-1-3-7-11)15-10-12-8-4-5-9-14-12/h1-3,6-7,12,14H,4-5,8-10H2,(H2,15,16,17). The minimum absolute atomic E-state index is 0.136. The van der Waals surface area contributed by atoms with Crippen molar-refractivity contribution in [1.82, 2.24) is 10.6 Å². The van der Waals surface area contributed by atoms with Crippen molar-refractivity contribution >= 4 is 11.7 Å². The van der Waals surface area contributed by atoms with Crippen LogP contribution in [-0.2, 0) is 0 Å². The molecule has 1 unspecified atom stereocenters. The first-order valence-electron chi connectivity index (χ1n) is 6.18. The van der Waals surface area contributed by atoms with Gasteiger partial charge in [0.05, 0.1) is 0 Å². The summed E-state index contributed by atoms with van der Waals surface area (Å²) in [6.45, 7) is 1.76. The number of nitrogens with one attached hydrogen (secondary N) is 3. The van der Waals surface area contributed by atoms with Crippen LogP contribution in [0, 0.1) is 0 Å². The summed E-state index contributed by atoms with van der Waals surface area (Å²) in [5.41, 5.74) is 0.821. The van der Waals surface area contributed by atoms with Gasteiger partial charge in [-0.15, -0.1) is 0 Å². The molecule has 1 aliphatic heterocycles. The number of anilines is 1. The average molecular weight is 233 g/mol. The highest BCUT2D eigenvalue weighted by Gasteiger charge is 2.12. The number of hydrogen-bond donors (Lipinski definition) is 3. The Morgan fingerprint density at radius 2 is 2.12 bits per heavy atom. The van der Waals surface area contributed by atoms with Crippen LogP contribution < -0.4 is 16.0 Å². The molecule has 4 heteroatoms. The van der Waals surface area contributed by atoms with Gasteiger partial charge in [-0.3, -0.25) is 0 Å². The van der Waals surface area contributed by atoms with Gasteiger partial charge in [-0.05, 0) is 31.5 Å². The Hall–Kier alpha value is -1.55. The van der Waals surface area contributed by atoms with Gasteiger partial charge in [-0.25, -0.2) is 4.79 Å². The molecule has 1 aromatic carbocycles. The lowest BCUT2D eigenvalue weighted by molar-refractivity contribution is 0.249. The number of benzene rings is 1. The Morgan fingerprint density at radius 1 is 1.29 bits per heavy atom. The second-order valence-electron chi connectivity index (χ2n) is 4.35. The first-order valence-corrected chi connectivity index (χ1v) is 6.18. The van der Waals surface area contributed by atoms with Crippen LogP contribution >= 0.6 is 0 Å². The molecule has 2 amide bonds. The molecule has 0 aliphatic carbocycles. The zero-order valence-corrected chi connectivity index (χ0v) is 9.91. The van der Waals surface area contributed by atoms with E-state index in [9.17, 15) is 4.79 Å². The van der Waals surface area contributed by atoms with Gasteiger partial charge in [0.25, 0.3) is 0 Å². The quantitative estimate of drug-likeness (QED) is 0.747. The van der Waals surface area contributed by atoms with Crippen molar-refractivity contribution in [3.8, 4) is 0 Å². The van der Waals surface area contributed by atoms with Crippen LogP contribution in [0.25, 0.3) is 0 Å². The highest BCUT2D eigenvalue weighted by molar-refractivity contribution is 5.89. The number of piperidine rings is 1. The first-order chi connectivity index (χ1) is 8.34. The van der Waals surface area contributed by atoms with Crippen LogP contribution in [0.5, 0.6) is 0 Å². The summed E-state index contributed by atoms with van der Waals surface area (Å²) in [6.07, 6.45) is 3.64. The number of amides is 2. The van der Waals surface area contributed by atoms with Crippen LogP contribution in [0.3, 0.4) is 0 Å². The predicted octanol–water partition coefficient (Wildman–Crippen LogP) is 1.95. The van der Waals surface area contributed by atoms with Crippen molar-refractivity contribution < 1.29 is 4.79 Å². The highest BCUT2D eigenvalue weighted by Crippen LogP contribution is 2.06. The van der Waals surface area contributed by atoms with E-state index < -0.39 is 0 Å². The van der Waals surface area contributed by atoms with Crippen molar-refractivity contribution in [2.24, 2.45) is 0 Å². The highest BCUT2D eigenvalue weighted by atomic mass is 16.2. The monoisotopic (exact) mass is 233 g/mol. The molecule has 0 spiro atoms. The largest absolute Gasteiger partial charge is 0.336 e. The zero-order chi connectivity index (χ0) is 11.9. The minimum atomic E-state index is -0.136. The van der Waals surface area contributed by atoms with Crippen LogP contribution in [0.2, 0.25) is 0 Å². The van der Waals surface area contributed by atoms with E-state index in [1.54, 1.807) is 0 Å². The van der Waals surface area contributed by atoms with Gasteiger partial charge in [-0.1, -0.05) is 24.6 Å².